The van der Waals surface area contributed by atoms with Gasteiger partial charge in [-0.05, 0) is 43.4 Å². The lowest BCUT2D eigenvalue weighted by molar-refractivity contribution is -0.132. The van der Waals surface area contributed by atoms with Crippen LogP contribution in [0.3, 0.4) is 0 Å². The van der Waals surface area contributed by atoms with E-state index in [4.69, 9.17) is 0 Å². The van der Waals surface area contributed by atoms with Gasteiger partial charge in [-0.1, -0.05) is 12.1 Å². The van der Waals surface area contributed by atoms with Gasteiger partial charge in [-0.25, -0.2) is 4.79 Å². The van der Waals surface area contributed by atoms with Crippen LogP contribution >= 0.6 is 0 Å². The predicted octanol–water partition coefficient (Wildman–Crippen LogP) is 0.646. The maximum atomic E-state index is 12.7. The first kappa shape index (κ1) is 18.1. The van der Waals surface area contributed by atoms with E-state index in [-0.39, 0.29) is 17.7 Å². The summed E-state index contributed by atoms with van der Waals surface area (Å²) in [7, 11) is 0. The fourth-order valence-electron chi connectivity index (χ4n) is 3.96. The summed E-state index contributed by atoms with van der Waals surface area (Å²) in [6.45, 7) is 2.93. The zero-order chi connectivity index (χ0) is 19.7. The molecule has 28 heavy (non-hydrogen) atoms. The van der Waals surface area contributed by atoms with Gasteiger partial charge in [0.1, 0.15) is 18.2 Å². The Bertz CT molecular complexity index is 887. The molecule has 1 unspecified atom stereocenters. The van der Waals surface area contributed by atoms with Crippen LogP contribution in [0.15, 0.2) is 36.9 Å². The molecule has 2 N–H and O–H groups in total. The summed E-state index contributed by atoms with van der Waals surface area (Å²) in [5.74, 6) is -0.193. The van der Waals surface area contributed by atoms with Crippen molar-refractivity contribution in [2.24, 2.45) is 5.92 Å². The van der Waals surface area contributed by atoms with Crippen molar-refractivity contribution in [3.8, 4) is 5.69 Å². The summed E-state index contributed by atoms with van der Waals surface area (Å²) in [4.78, 5) is 38.1. The zero-order valence-corrected chi connectivity index (χ0v) is 15.6. The number of imide groups is 1. The van der Waals surface area contributed by atoms with E-state index in [1.807, 2.05) is 29.2 Å². The molecule has 2 saturated heterocycles. The fraction of sp³-hybridized carbons (Fsp3) is 0.421. The second-order valence-electron chi connectivity index (χ2n) is 7.48. The molecular formula is C19H22N6O3. The second kappa shape index (κ2) is 7.06. The number of likely N-dealkylation sites (tertiary alicyclic amines) is 1. The van der Waals surface area contributed by atoms with Crippen molar-refractivity contribution >= 4 is 17.8 Å². The number of carbonyl (C=O) groups is 3. The van der Waals surface area contributed by atoms with Gasteiger partial charge in [-0.3, -0.25) is 19.5 Å². The van der Waals surface area contributed by atoms with E-state index in [0.717, 1.165) is 11.3 Å². The third-order valence-corrected chi connectivity index (χ3v) is 5.74. The number of hydrogen-bond acceptors (Lipinski definition) is 5. The summed E-state index contributed by atoms with van der Waals surface area (Å²) in [6.07, 6.45) is 4.95. The van der Waals surface area contributed by atoms with Gasteiger partial charge in [-0.2, -0.15) is 0 Å². The number of nitrogens with zero attached hydrogens (tertiary/aromatic N) is 4. The van der Waals surface area contributed by atoms with Crippen LogP contribution in [0.4, 0.5) is 4.79 Å². The van der Waals surface area contributed by atoms with Crippen LogP contribution in [-0.2, 0) is 16.0 Å². The van der Waals surface area contributed by atoms with Crippen molar-refractivity contribution in [1.29, 1.82) is 0 Å². The van der Waals surface area contributed by atoms with E-state index in [1.165, 1.54) is 0 Å². The molecule has 2 aliphatic rings. The molecule has 1 aromatic carbocycles. The molecule has 2 fully saturated rings. The summed E-state index contributed by atoms with van der Waals surface area (Å²) in [6, 6.07) is 7.28. The quantitative estimate of drug-likeness (QED) is 0.755. The molecule has 3 heterocycles. The number of rotatable bonds is 4. The highest BCUT2D eigenvalue weighted by Crippen LogP contribution is 2.30. The summed E-state index contributed by atoms with van der Waals surface area (Å²) >= 11 is 0. The third kappa shape index (κ3) is 3.35. The number of benzene rings is 1. The molecule has 146 valence electrons. The van der Waals surface area contributed by atoms with Crippen molar-refractivity contribution in [2.75, 3.05) is 13.1 Å². The minimum Gasteiger partial charge on any atom is -0.342 e. The van der Waals surface area contributed by atoms with Gasteiger partial charge in [0.2, 0.25) is 5.91 Å². The van der Waals surface area contributed by atoms with Gasteiger partial charge in [-0.15, -0.1) is 10.2 Å². The van der Waals surface area contributed by atoms with E-state index in [0.29, 0.717) is 32.4 Å². The Balaban J connectivity index is 1.33. The lowest BCUT2D eigenvalue weighted by Crippen LogP contribution is -2.54. The van der Waals surface area contributed by atoms with Crippen LogP contribution in [0, 0.1) is 5.92 Å². The third-order valence-electron chi connectivity index (χ3n) is 5.74. The Labute approximate surface area is 162 Å². The van der Waals surface area contributed by atoms with Gasteiger partial charge >= 0.3 is 6.03 Å². The van der Waals surface area contributed by atoms with Crippen LogP contribution < -0.4 is 10.6 Å². The summed E-state index contributed by atoms with van der Waals surface area (Å²) < 4.78 is 1.80. The highest BCUT2D eigenvalue weighted by Gasteiger charge is 2.48. The summed E-state index contributed by atoms with van der Waals surface area (Å²) in [5.41, 5.74) is 0.995. The maximum absolute atomic E-state index is 12.7. The highest BCUT2D eigenvalue weighted by molar-refractivity contribution is 6.07. The van der Waals surface area contributed by atoms with E-state index >= 15 is 0 Å². The summed E-state index contributed by atoms with van der Waals surface area (Å²) in [5, 5.41) is 12.6. The van der Waals surface area contributed by atoms with Crippen LogP contribution in [0.5, 0.6) is 0 Å². The number of carbonyl (C=O) groups excluding carboxylic acids is 3. The second-order valence-corrected chi connectivity index (χ2v) is 7.48. The molecule has 2 aliphatic heterocycles. The Morgan fingerprint density at radius 1 is 1.14 bits per heavy atom. The van der Waals surface area contributed by atoms with E-state index in [1.54, 1.807) is 24.1 Å². The molecule has 0 aliphatic carbocycles. The highest BCUT2D eigenvalue weighted by atomic mass is 16.2. The molecule has 0 radical (unpaired) electrons. The largest absolute Gasteiger partial charge is 0.342 e. The molecule has 0 spiro atoms. The van der Waals surface area contributed by atoms with Gasteiger partial charge < -0.3 is 10.2 Å². The zero-order valence-electron chi connectivity index (χ0n) is 15.6. The lowest BCUT2D eigenvalue weighted by Gasteiger charge is -2.38. The molecule has 0 saturated carbocycles. The Morgan fingerprint density at radius 2 is 1.79 bits per heavy atom. The Morgan fingerprint density at radius 3 is 2.36 bits per heavy atom. The first-order valence-corrected chi connectivity index (χ1v) is 9.31. The molecule has 4 rings (SSSR count). The number of amides is 4. The minimum absolute atomic E-state index is 0.0195. The van der Waals surface area contributed by atoms with Crippen LogP contribution in [0.25, 0.3) is 5.69 Å². The van der Waals surface area contributed by atoms with Gasteiger partial charge in [0.05, 0.1) is 6.42 Å². The average molecular weight is 382 g/mol. The first-order valence-electron chi connectivity index (χ1n) is 9.31. The SMILES string of the molecule is CC1(C2CCN(C(=O)Cc3ccc(-n4cnnc4)cc3)CC2)NC(=O)NC1=O. The maximum Gasteiger partial charge on any atom is 0.322 e. The Hall–Kier alpha value is -3.23. The number of piperidine rings is 1. The number of aromatic nitrogens is 3. The molecule has 1 aromatic heterocycles. The van der Waals surface area contributed by atoms with Crippen LogP contribution in [0.1, 0.15) is 25.3 Å². The number of urea groups is 1. The standard InChI is InChI=1S/C19H22N6O3/c1-19(17(27)22-18(28)23-19)14-6-8-24(9-7-14)16(26)10-13-2-4-15(5-3-13)25-11-20-21-12-25/h2-5,11-12,14H,6-10H2,1H3,(H2,22,23,27,28). The fourth-order valence-corrected chi connectivity index (χ4v) is 3.96. The van der Waals surface area contributed by atoms with Gasteiger partial charge in [0.15, 0.2) is 0 Å². The van der Waals surface area contributed by atoms with Crippen LogP contribution in [0.2, 0.25) is 0 Å². The average Bonchev–Trinajstić information content (AvgIpc) is 3.31. The van der Waals surface area contributed by atoms with E-state index < -0.39 is 11.6 Å². The minimum atomic E-state index is -0.885. The van der Waals surface area contributed by atoms with Crippen molar-refractivity contribution in [3.05, 3.63) is 42.5 Å². The van der Waals surface area contributed by atoms with E-state index in [2.05, 4.69) is 20.8 Å². The lowest BCUT2D eigenvalue weighted by atomic mass is 9.79. The topological polar surface area (TPSA) is 109 Å². The molecule has 9 nitrogen and oxygen atoms in total. The van der Waals surface area contributed by atoms with Gasteiger partial charge in [0, 0.05) is 18.8 Å². The molecule has 1 atom stereocenters. The smallest absolute Gasteiger partial charge is 0.322 e. The molecule has 0 bridgehead atoms. The van der Waals surface area contributed by atoms with Crippen LogP contribution in [-0.4, -0.2) is 56.1 Å². The van der Waals surface area contributed by atoms with Crippen molar-refractivity contribution in [2.45, 2.75) is 31.7 Å². The number of hydrogen-bond donors (Lipinski definition) is 2. The molecule has 2 aromatic rings. The normalized spacial score (nSPS) is 22.8. The first-order chi connectivity index (χ1) is 13.5. The predicted molar refractivity (Wildman–Crippen MR) is 99.4 cm³/mol. The van der Waals surface area contributed by atoms with Gasteiger partial charge in [0.25, 0.3) is 5.91 Å². The monoisotopic (exact) mass is 382 g/mol. The molecular weight excluding hydrogens is 360 g/mol. The van der Waals surface area contributed by atoms with E-state index in [9.17, 15) is 14.4 Å². The Kier molecular flexibility index (Phi) is 4.58. The molecule has 4 amide bonds. The molecule has 9 heteroatoms. The van der Waals surface area contributed by atoms with Crippen molar-refractivity contribution < 1.29 is 14.4 Å². The van der Waals surface area contributed by atoms with Crippen molar-refractivity contribution in [3.63, 3.8) is 0 Å². The number of nitrogens with one attached hydrogen (secondary N) is 2. The van der Waals surface area contributed by atoms with Crippen molar-refractivity contribution in [1.82, 2.24) is 30.3 Å².